The molecule has 0 aromatic carbocycles. The molecular weight excluding hydrogens is 1160 g/mol. The molecule has 14 rings (SSSR count). The van der Waals surface area contributed by atoms with E-state index in [-0.39, 0.29) is 103 Å². The number of aliphatic hydroxyl groups is 13. The molecule has 0 amide bonds. The van der Waals surface area contributed by atoms with E-state index in [1.807, 2.05) is 13.8 Å². The summed E-state index contributed by atoms with van der Waals surface area (Å²) in [5, 5.41) is 142. The molecule has 0 bridgehead atoms. The molecule has 19 nitrogen and oxygen atoms in total. The predicted octanol–water partition coefficient (Wildman–Crippen LogP) is 5.16. The summed E-state index contributed by atoms with van der Waals surface area (Å²) in [6, 6.07) is 0. The van der Waals surface area contributed by atoms with Crippen LogP contribution in [-0.2, 0) is 28.4 Å². The Hall–Kier alpha value is -0.760. The number of rotatable bonds is 9. The molecule has 33 atom stereocenters. The van der Waals surface area contributed by atoms with Crippen molar-refractivity contribution in [2.75, 3.05) is 13.2 Å². The normalized spacial score (nSPS) is 59.6. The van der Waals surface area contributed by atoms with Crippen LogP contribution in [0, 0.1) is 89.7 Å². The van der Waals surface area contributed by atoms with E-state index in [4.69, 9.17) is 28.4 Å². The molecular formula is C71H118O19. The molecule has 14 aliphatic rings. The summed E-state index contributed by atoms with van der Waals surface area (Å²) in [6.45, 7) is 28.9. The highest BCUT2D eigenvalue weighted by Gasteiger charge is 2.87. The van der Waals surface area contributed by atoms with Crippen molar-refractivity contribution in [3.05, 3.63) is 0 Å². The first-order valence-electron chi connectivity index (χ1n) is 35.3. The Bertz CT molecular complexity index is 2720. The van der Waals surface area contributed by atoms with Crippen LogP contribution in [0.15, 0.2) is 0 Å². The van der Waals surface area contributed by atoms with Gasteiger partial charge in [0.05, 0.1) is 84.4 Å². The molecule has 13 N–H and O–H groups in total. The van der Waals surface area contributed by atoms with Crippen LogP contribution < -0.4 is 0 Å². The number of ether oxygens (including phenoxy) is 6. The lowest BCUT2D eigenvalue weighted by molar-refractivity contribution is -0.339. The van der Waals surface area contributed by atoms with Crippen LogP contribution in [0.4, 0.5) is 0 Å². The lowest BCUT2D eigenvalue weighted by Crippen LogP contribution is -2.65. The fraction of sp³-hybridized carbons (Fsp3) is 1.00. The Morgan fingerprint density at radius 2 is 0.933 bits per heavy atom. The summed E-state index contributed by atoms with van der Waals surface area (Å²) in [7, 11) is 0. The van der Waals surface area contributed by atoms with E-state index in [9.17, 15) is 66.4 Å². The van der Waals surface area contributed by atoms with Gasteiger partial charge in [0.2, 0.25) is 0 Å². The van der Waals surface area contributed by atoms with Gasteiger partial charge in [-0.05, 0) is 235 Å². The van der Waals surface area contributed by atoms with Gasteiger partial charge in [-0.25, -0.2) is 0 Å². The first kappa shape index (κ1) is 67.8. The van der Waals surface area contributed by atoms with E-state index in [1.54, 1.807) is 13.8 Å². The van der Waals surface area contributed by atoms with Crippen LogP contribution in [0.2, 0.25) is 0 Å². The highest BCUT2D eigenvalue weighted by Crippen LogP contribution is 2.91. The van der Waals surface area contributed by atoms with E-state index in [0.29, 0.717) is 31.6 Å². The van der Waals surface area contributed by atoms with Crippen molar-refractivity contribution in [1.29, 1.82) is 0 Å². The molecule has 4 unspecified atom stereocenters. The van der Waals surface area contributed by atoms with Crippen LogP contribution in [-0.4, -0.2) is 206 Å². The van der Waals surface area contributed by atoms with Crippen molar-refractivity contribution in [1.82, 2.24) is 0 Å². The number of aliphatic hydroxyl groups excluding tert-OH is 11. The molecule has 0 aromatic rings. The Morgan fingerprint density at radius 1 is 0.444 bits per heavy atom. The summed E-state index contributed by atoms with van der Waals surface area (Å²) in [5.41, 5.74) is -4.51. The van der Waals surface area contributed by atoms with Crippen LogP contribution in [0.5, 0.6) is 0 Å². The van der Waals surface area contributed by atoms with E-state index in [0.717, 1.165) is 83.5 Å². The maximum Gasteiger partial charge on any atom is 0.186 e. The van der Waals surface area contributed by atoms with Gasteiger partial charge < -0.3 is 94.8 Å². The lowest BCUT2D eigenvalue weighted by atomic mass is 9.41. The third kappa shape index (κ3) is 9.02. The van der Waals surface area contributed by atoms with Gasteiger partial charge in [-0.15, -0.1) is 0 Å². The zero-order valence-corrected chi connectivity index (χ0v) is 56.7. The van der Waals surface area contributed by atoms with Crippen molar-refractivity contribution in [3.8, 4) is 0 Å². The lowest BCUT2D eigenvalue weighted by Gasteiger charge is -2.65. The molecule has 10 saturated carbocycles. The Balaban J connectivity index is 0.000000182. The van der Waals surface area contributed by atoms with Gasteiger partial charge >= 0.3 is 0 Å². The summed E-state index contributed by atoms with van der Waals surface area (Å²) < 4.78 is 38.5. The van der Waals surface area contributed by atoms with Gasteiger partial charge in [-0.1, -0.05) is 55.4 Å². The molecule has 19 heteroatoms. The highest BCUT2D eigenvalue weighted by atomic mass is 16.7. The molecule has 4 spiro atoms. The fourth-order valence-electron chi connectivity index (χ4n) is 27.0. The molecule has 0 radical (unpaired) electrons. The smallest absolute Gasteiger partial charge is 0.186 e. The number of hydrogen-bond acceptors (Lipinski definition) is 19. The van der Waals surface area contributed by atoms with Crippen molar-refractivity contribution < 1.29 is 94.8 Å². The van der Waals surface area contributed by atoms with E-state index in [2.05, 4.69) is 69.2 Å². The standard InChI is InChI=1S/C41H68O14.C30H50O5/c1-35(2)24(54-33-29(48)26(45)20(44)17-51-33)9-11-41-18-40(41)13-12-37(5)31(39(7)10-8-25(55-39)36(3,4)50)19(43)15-38(37,6)23(40)14-21(32(35)41)52-34-30(49)28(47)27(46)22(16-42)53-34;1-24(2)20(33)8-11-30-16-29(30)13-12-26(5)23(28(7)10-9-21(35-28)25(3,4)34)18(32)15-27(26,6)19(29)14-17(31)22(24)30/h19-34,42-50H,8-18H2,1-7H3;17-23,31-34H,8-16H2,1-7H3/t19-,20+,21-,22+,23-,24-,25-,26-,27+,28-,29+,30+,31?,32-,33?,34?,37+,38-,39+,40-,41+;17-,18-,19-,20-,21-,22-,23?,26+,27-,28+,29-,30+/m00/s1. The third-order valence-electron chi connectivity index (χ3n) is 31.4. The summed E-state index contributed by atoms with van der Waals surface area (Å²) in [4.78, 5) is 0. The van der Waals surface area contributed by atoms with Crippen molar-refractivity contribution in [2.24, 2.45) is 89.7 Å². The quantitative estimate of drug-likeness (QED) is 0.133. The van der Waals surface area contributed by atoms with E-state index < -0.39 is 120 Å². The minimum absolute atomic E-state index is 0.0267. The Kier molecular flexibility index (Phi) is 15.9. The van der Waals surface area contributed by atoms with Crippen LogP contribution in [0.25, 0.3) is 0 Å². The molecule has 14 fully saturated rings. The minimum Gasteiger partial charge on any atom is -0.394 e. The van der Waals surface area contributed by atoms with Gasteiger partial charge in [0.15, 0.2) is 12.6 Å². The zero-order chi connectivity index (χ0) is 65.7. The van der Waals surface area contributed by atoms with E-state index >= 15 is 0 Å². The molecule has 4 aliphatic heterocycles. The molecule has 10 aliphatic carbocycles. The molecule has 4 saturated heterocycles. The SMILES string of the molecule is CC(C)(O)[C@@H]1CC[C@](C)(C2[C@@H](O)C[C@@]3(C)[C@@H]4C[C@H](O)[C@H]5C(C)(C)[C@@H](O)CC[C@@]56C[C@@]46CC[C@]23C)O1.CC(C)(O)[C@@H]1CC[C@](C)(C2[C@@H](O)C[C@@]3(C)[C@@H]4C[C@H](OC5O[C@H](CO)[C@@H](O)[C@H](O)[C@H]5O)[C@H]5C(C)(C)[C@@H](OC6OC[C@@H](O)[C@H](O)[C@H]6O)CC[C@@]56C[C@@]46CC[C@]23C)O1. The van der Waals surface area contributed by atoms with Crippen LogP contribution in [0.1, 0.15) is 213 Å². The summed E-state index contributed by atoms with van der Waals surface area (Å²) in [5.74, 6) is 0.362. The van der Waals surface area contributed by atoms with Crippen molar-refractivity contribution in [2.45, 2.75) is 339 Å². The maximum absolute atomic E-state index is 12.2. The predicted molar refractivity (Wildman–Crippen MR) is 328 cm³/mol. The van der Waals surface area contributed by atoms with Crippen LogP contribution >= 0.6 is 0 Å². The maximum atomic E-state index is 12.2. The summed E-state index contributed by atoms with van der Waals surface area (Å²) in [6.07, 6.45) is -0.301. The van der Waals surface area contributed by atoms with Gasteiger partial charge in [-0.2, -0.15) is 0 Å². The highest BCUT2D eigenvalue weighted by molar-refractivity contribution is 5.35. The van der Waals surface area contributed by atoms with Gasteiger partial charge in [0.25, 0.3) is 0 Å². The fourth-order valence-corrected chi connectivity index (χ4v) is 27.0. The van der Waals surface area contributed by atoms with Crippen molar-refractivity contribution >= 4 is 0 Å². The van der Waals surface area contributed by atoms with Gasteiger partial charge in [-0.3, -0.25) is 0 Å². The second kappa shape index (κ2) is 21.1. The second-order valence-electron chi connectivity index (χ2n) is 37.0. The molecule has 516 valence electrons. The van der Waals surface area contributed by atoms with Crippen LogP contribution in [0.3, 0.4) is 0 Å². The van der Waals surface area contributed by atoms with Gasteiger partial charge in [0, 0.05) is 11.8 Å². The summed E-state index contributed by atoms with van der Waals surface area (Å²) >= 11 is 0. The zero-order valence-electron chi connectivity index (χ0n) is 56.7. The van der Waals surface area contributed by atoms with E-state index in [1.165, 1.54) is 6.42 Å². The average molecular weight is 1280 g/mol. The minimum atomic E-state index is -1.60. The van der Waals surface area contributed by atoms with Gasteiger partial charge in [0.1, 0.15) is 42.7 Å². The monoisotopic (exact) mass is 1270 g/mol. The Labute approximate surface area is 534 Å². The molecule has 0 aromatic heterocycles. The second-order valence-corrected chi connectivity index (χ2v) is 37.0. The Morgan fingerprint density at radius 3 is 1.43 bits per heavy atom. The first-order valence-corrected chi connectivity index (χ1v) is 35.3. The molecule has 90 heavy (non-hydrogen) atoms. The first-order chi connectivity index (χ1) is 41.5. The van der Waals surface area contributed by atoms with Crippen molar-refractivity contribution in [3.63, 3.8) is 0 Å². The largest absolute Gasteiger partial charge is 0.394 e. The number of fused-ring (bicyclic) bond motifs is 4. The number of hydrogen-bond donors (Lipinski definition) is 13. The molecule has 4 heterocycles. The average Bonchev–Trinajstić information content (AvgIpc) is 1.47. The topological polar surface area (TPSA) is 318 Å². The third-order valence-corrected chi connectivity index (χ3v) is 31.4.